The Kier molecular flexibility index (Phi) is 6.82. The van der Waals surface area contributed by atoms with Crippen molar-refractivity contribution in [2.75, 3.05) is 16.8 Å². The van der Waals surface area contributed by atoms with Crippen molar-refractivity contribution in [2.24, 2.45) is 0 Å². The number of anilines is 2. The zero-order valence-corrected chi connectivity index (χ0v) is 19.6. The van der Waals surface area contributed by atoms with Crippen LogP contribution in [0.3, 0.4) is 0 Å². The maximum absolute atomic E-state index is 13.0. The molecule has 1 aliphatic heterocycles. The number of rotatable bonds is 6. The number of benzene rings is 3. The highest BCUT2D eigenvalue weighted by molar-refractivity contribution is 6.39. The van der Waals surface area contributed by atoms with E-state index in [-0.39, 0.29) is 29.5 Å². The Morgan fingerprint density at radius 1 is 1.03 bits per heavy atom. The molecule has 1 aliphatic rings. The number of nitrogens with one attached hydrogen (secondary N) is 2. The van der Waals surface area contributed by atoms with Gasteiger partial charge in [0, 0.05) is 5.69 Å². The predicted octanol–water partition coefficient (Wildman–Crippen LogP) is 3.69. The summed E-state index contributed by atoms with van der Waals surface area (Å²) < 4.78 is 5.60. The molecule has 0 saturated carbocycles. The molecule has 36 heavy (non-hydrogen) atoms. The van der Waals surface area contributed by atoms with Gasteiger partial charge in [-0.1, -0.05) is 24.3 Å². The molecular weight excluding hydrogens is 462 g/mol. The first kappa shape index (κ1) is 24.2. The summed E-state index contributed by atoms with van der Waals surface area (Å²) in [6, 6.07) is 16.8. The number of hydrogen-bond donors (Lipinski definition) is 3. The van der Waals surface area contributed by atoms with E-state index in [1.807, 2.05) is 32.0 Å². The number of phenolic OH excluding ortho intramolecular Hbond substituents is 1. The van der Waals surface area contributed by atoms with Gasteiger partial charge in [0.25, 0.3) is 17.7 Å². The highest BCUT2D eigenvalue weighted by Crippen LogP contribution is 2.25. The first-order chi connectivity index (χ1) is 17.2. The third kappa shape index (κ3) is 5.41. The lowest BCUT2D eigenvalue weighted by molar-refractivity contribution is -0.122. The molecule has 1 saturated heterocycles. The van der Waals surface area contributed by atoms with Gasteiger partial charge in [-0.25, -0.2) is 9.69 Å². The summed E-state index contributed by atoms with van der Waals surface area (Å²) in [5.41, 5.74) is 3.05. The van der Waals surface area contributed by atoms with E-state index < -0.39 is 17.8 Å². The highest BCUT2D eigenvalue weighted by atomic mass is 16.5. The lowest BCUT2D eigenvalue weighted by Crippen LogP contribution is -2.54. The summed E-state index contributed by atoms with van der Waals surface area (Å²) in [7, 11) is 0. The maximum Gasteiger partial charge on any atom is 0.335 e. The summed E-state index contributed by atoms with van der Waals surface area (Å²) in [6.07, 6.45) is 1.33. The van der Waals surface area contributed by atoms with Crippen LogP contribution in [0.1, 0.15) is 16.7 Å². The third-order valence-corrected chi connectivity index (χ3v) is 5.42. The van der Waals surface area contributed by atoms with Crippen molar-refractivity contribution in [3.63, 3.8) is 0 Å². The van der Waals surface area contributed by atoms with Crippen molar-refractivity contribution >= 4 is 41.2 Å². The number of urea groups is 1. The lowest BCUT2D eigenvalue weighted by atomic mass is 10.1. The van der Waals surface area contributed by atoms with Gasteiger partial charge in [-0.2, -0.15) is 0 Å². The van der Waals surface area contributed by atoms with Crippen LogP contribution >= 0.6 is 0 Å². The molecule has 0 unspecified atom stereocenters. The van der Waals surface area contributed by atoms with Crippen molar-refractivity contribution in [3.05, 3.63) is 89.0 Å². The molecule has 0 radical (unpaired) electrons. The largest absolute Gasteiger partial charge is 0.508 e. The molecule has 9 heteroatoms. The van der Waals surface area contributed by atoms with Crippen LogP contribution in [0.5, 0.6) is 11.5 Å². The summed E-state index contributed by atoms with van der Waals surface area (Å²) >= 11 is 0. The van der Waals surface area contributed by atoms with Crippen LogP contribution < -0.4 is 20.3 Å². The second-order valence-electron chi connectivity index (χ2n) is 8.20. The molecule has 1 heterocycles. The fraction of sp³-hybridized carbons (Fsp3) is 0.111. The number of aromatic hydroxyl groups is 1. The smallest absolute Gasteiger partial charge is 0.335 e. The maximum atomic E-state index is 13.0. The Morgan fingerprint density at radius 2 is 1.78 bits per heavy atom. The van der Waals surface area contributed by atoms with Crippen molar-refractivity contribution in [2.45, 2.75) is 13.8 Å². The van der Waals surface area contributed by atoms with E-state index >= 15 is 0 Å². The van der Waals surface area contributed by atoms with Gasteiger partial charge in [0.1, 0.15) is 17.1 Å². The third-order valence-electron chi connectivity index (χ3n) is 5.42. The first-order valence-corrected chi connectivity index (χ1v) is 11.0. The molecule has 0 spiro atoms. The van der Waals surface area contributed by atoms with Gasteiger partial charge in [0.2, 0.25) is 0 Å². The van der Waals surface area contributed by atoms with Crippen LogP contribution in [-0.4, -0.2) is 35.5 Å². The molecule has 1 fully saturated rings. The standard InChI is InChI=1S/C27H23N3O6/c1-16-6-7-17(2)23(12-16)28-24(32)15-36-21-5-3-4-18(13-21)14-22-25(33)29-27(35)30(26(22)34)19-8-10-20(31)11-9-19/h3-14,31H,15H2,1-2H3,(H,28,32)(H,29,33,35)/b22-14-. The Labute approximate surface area is 207 Å². The van der Waals surface area contributed by atoms with Crippen LogP contribution in [-0.2, 0) is 14.4 Å². The van der Waals surface area contributed by atoms with Crippen molar-refractivity contribution in [1.29, 1.82) is 0 Å². The van der Waals surface area contributed by atoms with Gasteiger partial charge in [-0.05, 0) is 79.1 Å². The number of carbonyl (C=O) groups excluding carboxylic acids is 4. The number of imide groups is 2. The van der Waals surface area contributed by atoms with Crippen LogP contribution in [0.25, 0.3) is 6.08 Å². The number of ether oxygens (including phenoxy) is 1. The second-order valence-corrected chi connectivity index (χ2v) is 8.20. The number of nitrogens with zero attached hydrogens (tertiary/aromatic N) is 1. The van der Waals surface area contributed by atoms with Gasteiger partial charge in [0.05, 0.1) is 5.69 Å². The summed E-state index contributed by atoms with van der Waals surface area (Å²) in [6.45, 7) is 3.59. The monoisotopic (exact) mass is 485 g/mol. The molecule has 3 N–H and O–H groups in total. The van der Waals surface area contributed by atoms with Gasteiger partial charge >= 0.3 is 6.03 Å². The zero-order chi connectivity index (χ0) is 25.8. The molecule has 0 aliphatic carbocycles. The minimum absolute atomic E-state index is 0.0324. The van der Waals surface area contributed by atoms with Crippen molar-refractivity contribution in [1.82, 2.24) is 5.32 Å². The fourth-order valence-electron chi connectivity index (χ4n) is 3.56. The minimum Gasteiger partial charge on any atom is -0.508 e. The number of aryl methyl sites for hydroxylation is 2. The number of amides is 5. The molecule has 0 atom stereocenters. The van der Waals surface area contributed by atoms with Crippen LogP contribution in [0, 0.1) is 13.8 Å². The van der Waals surface area contributed by atoms with E-state index in [4.69, 9.17) is 4.74 Å². The second kappa shape index (κ2) is 10.1. The Morgan fingerprint density at radius 3 is 2.53 bits per heavy atom. The van der Waals surface area contributed by atoms with E-state index in [2.05, 4.69) is 10.6 Å². The van der Waals surface area contributed by atoms with Gasteiger partial charge in [-0.3, -0.25) is 19.7 Å². The van der Waals surface area contributed by atoms with E-state index in [9.17, 15) is 24.3 Å². The van der Waals surface area contributed by atoms with Gasteiger partial charge in [0.15, 0.2) is 6.61 Å². The van der Waals surface area contributed by atoms with E-state index in [0.29, 0.717) is 17.0 Å². The normalized spacial score (nSPS) is 14.6. The molecule has 5 amide bonds. The molecule has 0 bridgehead atoms. The SMILES string of the molecule is Cc1ccc(C)c(NC(=O)COc2cccc(/C=C3/C(=O)NC(=O)N(c4ccc(O)cc4)C3=O)c2)c1. The molecule has 3 aromatic carbocycles. The number of phenols is 1. The highest BCUT2D eigenvalue weighted by Gasteiger charge is 2.36. The molecule has 4 rings (SSSR count). The molecule has 3 aromatic rings. The van der Waals surface area contributed by atoms with Gasteiger partial charge in [-0.15, -0.1) is 0 Å². The average molecular weight is 485 g/mol. The first-order valence-electron chi connectivity index (χ1n) is 11.0. The van der Waals surface area contributed by atoms with E-state index in [0.717, 1.165) is 16.0 Å². The predicted molar refractivity (Wildman–Crippen MR) is 134 cm³/mol. The Hall–Kier alpha value is -4.92. The molecule has 182 valence electrons. The molecular formula is C27H23N3O6. The average Bonchev–Trinajstić information content (AvgIpc) is 2.84. The van der Waals surface area contributed by atoms with Crippen LogP contribution in [0.15, 0.2) is 72.3 Å². The number of barbiturate groups is 1. The van der Waals surface area contributed by atoms with Crippen molar-refractivity contribution < 1.29 is 29.0 Å². The Bertz CT molecular complexity index is 1390. The summed E-state index contributed by atoms with van der Waals surface area (Å²) in [4.78, 5) is 50.9. The van der Waals surface area contributed by atoms with E-state index in [1.54, 1.807) is 24.3 Å². The van der Waals surface area contributed by atoms with Crippen molar-refractivity contribution in [3.8, 4) is 11.5 Å². The molecule has 0 aromatic heterocycles. The van der Waals surface area contributed by atoms with E-state index in [1.165, 1.54) is 30.3 Å². The fourth-order valence-corrected chi connectivity index (χ4v) is 3.56. The zero-order valence-electron chi connectivity index (χ0n) is 19.6. The number of hydrogen-bond acceptors (Lipinski definition) is 6. The molecule has 9 nitrogen and oxygen atoms in total. The Balaban J connectivity index is 1.48. The lowest BCUT2D eigenvalue weighted by Gasteiger charge is -2.26. The van der Waals surface area contributed by atoms with Gasteiger partial charge < -0.3 is 15.2 Å². The summed E-state index contributed by atoms with van der Waals surface area (Å²) in [5, 5.41) is 14.4. The minimum atomic E-state index is -0.889. The quantitative estimate of drug-likeness (QED) is 0.361. The summed E-state index contributed by atoms with van der Waals surface area (Å²) in [5.74, 6) is -1.66. The number of carbonyl (C=O) groups is 4. The van der Waals surface area contributed by atoms with Crippen LogP contribution in [0.2, 0.25) is 0 Å². The topological polar surface area (TPSA) is 125 Å². The van der Waals surface area contributed by atoms with Crippen LogP contribution in [0.4, 0.5) is 16.2 Å².